The normalized spacial score (nSPS) is 15.2. The lowest BCUT2D eigenvalue weighted by Gasteiger charge is -2.28. The summed E-state index contributed by atoms with van der Waals surface area (Å²) in [6, 6.07) is 11.7. The van der Waals surface area contributed by atoms with Crippen LogP contribution in [0.3, 0.4) is 0 Å². The largest absolute Gasteiger partial charge is 0.497 e. The molecule has 1 unspecified atom stereocenters. The second kappa shape index (κ2) is 9.03. The van der Waals surface area contributed by atoms with Crippen molar-refractivity contribution in [2.45, 2.75) is 18.9 Å². The van der Waals surface area contributed by atoms with Gasteiger partial charge in [0.15, 0.2) is 0 Å². The molecule has 0 saturated carbocycles. The van der Waals surface area contributed by atoms with E-state index in [0.29, 0.717) is 6.54 Å². The van der Waals surface area contributed by atoms with Crippen molar-refractivity contribution >= 4 is 23.2 Å². The second-order valence-electron chi connectivity index (χ2n) is 6.66. The lowest BCUT2D eigenvalue weighted by molar-refractivity contribution is -0.385. The molecule has 8 heteroatoms. The third-order valence-corrected chi connectivity index (χ3v) is 5.15. The first-order valence-corrected chi connectivity index (χ1v) is 9.47. The number of nitrogens with zero attached hydrogens (tertiary/aromatic N) is 2. The Morgan fingerprint density at radius 2 is 2.04 bits per heavy atom. The molecule has 1 saturated heterocycles. The van der Waals surface area contributed by atoms with Crippen molar-refractivity contribution in [1.82, 2.24) is 10.2 Å². The van der Waals surface area contributed by atoms with Gasteiger partial charge in [-0.3, -0.25) is 19.8 Å². The third kappa shape index (κ3) is 4.61. The van der Waals surface area contributed by atoms with Gasteiger partial charge in [-0.2, -0.15) is 0 Å². The van der Waals surface area contributed by atoms with Gasteiger partial charge in [-0.15, -0.1) is 0 Å². The Hall–Kier alpha value is -2.64. The van der Waals surface area contributed by atoms with Crippen LogP contribution in [-0.2, 0) is 0 Å². The van der Waals surface area contributed by atoms with Gasteiger partial charge in [0.1, 0.15) is 11.3 Å². The summed E-state index contributed by atoms with van der Waals surface area (Å²) in [6.45, 7) is 2.21. The van der Waals surface area contributed by atoms with Crippen LogP contribution in [0.4, 0.5) is 5.69 Å². The molecule has 0 aromatic heterocycles. The molecule has 0 aliphatic carbocycles. The Labute approximate surface area is 168 Å². The number of carbonyl (C=O) groups is 1. The fourth-order valence-electron chi connectivity index (χ4n) is 3.49. The van der Waals surface area contributed by atoms with E-state index in [-0.39, 0.29) is 22.3 Å². The molecule has 1 atom stereocenters. The molecule has 148 valence electrons. The van der Waals surface area contributed by atoms with Crippen molar-refractivity contribution < 1.29 is 14.5 Å². The number of likely N-dealkylation sites (tertiary alicyclic amines) is 1. The summed E-state index contributed by atoms with van der Waals surface area (Å²) in [5, 5.41) is 14.4. The zero-order valence-corrected chi connectivity index (χ0v) is 16.3. The fraction of sp³-hybridized carbons (Fsp3) is 0.350. The zero-order valence-electron chi connectivity index (χ0n) is 15.6. The van der Waals surface area contributed by atoms with Crippen LogP contribution in [-0.4, -0.2) is 42.5 Å². The molecule has 0 bridgehead atoms. The second-order valence-corrected chi connectivity index (χ2v) is 7.10. The number of carbonyl (C=O) groups excluding carboxylic acids is 1. The molecular formula is C20H22ClN3O4. The van der Waals surface area contributed by atoms with Crippen LogP contribution < -0.4 is 10.1 Å². The highest BCUT2D eigenvalue weighted by molar-refractivity contribution is 6.31. The molecule has 2 aromatic rings. The number of hydrogen-bond donors (Lipinski definition) is 1. The van der Waals surface area contributed by atoms with Crippen LogP contribution in [0.5, 0.6) is 5.75 Å². The quantitative estimate of drug-likeness (QED) is 0.561. The lowest BCUT2D eigenvalue weighted by Crippen LogP contribution is -2.37. The zero-order chi connectivity index (χ0) is 20.1. The average Bonchev–Trinajstić information content (AvgIpc) is 3.22. The molecule has 7 nitrogen and oxygen atoms in total. The Morgan fingerprint density at radius 1 is 1.29 bits per heavy atom. The standard InChI is InChI=1S/C20H22ClN3O4/c1-28-16-6-4-5-14(11-16)19(23-9-2-3-10-23)13-22-20(25)17-12-15(21)7-8-18(17)24(26)27/h4-8,11-12,19H,2-3,9-10,13H2,1H3,(H,22,25). The van der Waals surface area contributed by atoms with E-state index in [1.807, 2.05) is 24.3 Å². The van der Waals surface area contributed by atoms with Gasteiger partial charge in [0.2, 0.25) is 0 Å². The molecule has 0 spiro atoms. The number of amides is 1. The first-order chi connectivity index (χ1) is 13.5. The smallest absolute Gasteiger partial charge is 0.282 e. The number of nitro benzene ring substituents is 1. The van der Waals surface area contributed by atoms with Crippen molar-refractivity contribution in [3.8, 4) is 5.75 Å². The van der Waals surface area contributed by atoms with Crippen LogP contribution in [0.25, 0.3) is 0 Å². The summed E-state index contributed by atoms with van der Waals surface area (Å²) >= 11 is 5.94. The number of ether oxygens (including phenoxy) is 1. The number of hydrogen-bond acceptors (Lipinski definition) is 5. The van der Waals surface area contributed by atoms with Crippen LogP contribution in [0, 0.1) is 10.1 Å². The van der Waals surface area contributed by atoms with Gasteiger partial charge in [0, 0.05) is 17.6 Å². The van der Waals surface area contributed by atoms with E-state index in [1.165, 1.54) is 18.2 Å². The number of nitrogens with one attached hydrogen (secondary N) is 1. The summed E-state index contributed by atoms with van der Waals surface area (Å²) < 4.78 is 5.32. The van der Waals surface area contributed by atoms with Gasteiger partial charge in [0.25, 0.3) is 11.6 Å². The Morgan fingerprint density at radius 3 is 2.71 bits per heavy atom. The predicted octanol–water partition coefficient (Wildman–Crippen LogP) is 3.82. The Kier molecular flexibility index (Phi) is 6.49. The first-order valence-electron chi connectivity index (χ1n) is 9.09. The minimum absolute atomic E-state index is 0.0386. The van der Waals surface area contributed by atoms with E-state index in [2.05, 4.69) is 10.2 Å². The molecule has 1 amide bonds. The van der Waals surface area contributed by atoms with Crippen molar-refractivity contribution in [3.05, 3.63) is 68.7 Å². The number of benzene rings is 2. The topological polar surface area (TPSA) is 84.7 Å². The molecule has 2 aromatic carbocycles. The SMILES string of the molecule is COc1cccc(C(CNC(=O)c2cc(Cl)ccc2[N+](=O)[O-])N2CCCC2)c1. The maximum atomic E-state index is 12.7. The summed E-state index contributed by atoms with van der Waals surface area (Å²) in [6.07, 6.45) is 2.21. The molecule has 1 heterocycles. The van der Waals surface area contributed by atoms with E-state index in [1.54, 1.807) is 7.11 Å². The maximum Gasteiger partial charge on any atom is 0.282 e. The monoisotopic (exact) mass is 403 g/mol. The number of halogens is 1. The third-order valence-electron chi connectivity index (χ3n) is 4.92. The highest BCUT2D eigenvalue weighted by Crippen LogP contribution is 2.28. The van der Waals surface area contributed by atoms with E-state index in [9.17, 15) is 14.9 Å². The van der Waals surface area contributed by atoms with Crippen molar-refractivity contribution in [1.29, 1.82) is 0 Å². The van der Waals surface area contributed by atoms with Gasteiger partial charge in [0.05, 0.1) is 18.1 Å². The number of methoxy groups -OCH3 is 1. The van der Waals surface area contributed by atoms with Gasteiger partial charge in [-0.25, -0.2) is 0 Å². The van der Waals surface area contributed by atoms with E-state index in [4.69, 9.17) is 16.3 Å². The highest BCUT2D eigenvalue weighted by atomic mass is 35.5. The molecule has 1 aliphatic heterocycles. The molecule has 3 rings (SSSR count). The fourth-order valence-corrected chi connectivity index (χ4v) is 3.67. The van der Waals surface area contributed by atoms with Crippen molar-refractivity contribution in [2.75, 3.05) is 26.7 Å². The van der Waals surface area contributed by atoms with Gasteiger partial charge >= 0.3 is 0 Å². The highest BCUT2D eigenvalue weighted by Gasteiger charge is 2.26. The van der Waals surface area contributed by atoms with E-state index >= 15 is 0 Å². The van der Waals surface area contributed by atoms with E-state index in [0.717, 1.165) is 37.2 Å². The molecular weight excluding hydrogens is 382 g/mol. The van der Waals surface area contributed by atoms with Gasteiger partial charge in [-0.1, -0.05) is 23.7 Å². The molecule has 1 fully saturated rings. The maximum absolute atomic E-state index is 12.7. The first kappa shape index (κ1) is 20.1. The van der Waals surface area contributed by atoms with Crippen molar-refractivity contribution in [2.24, 2.45) is 0 Å². The van der Waals surface area contributed by atoms with Crippen LogP contribution >= 0.6 is 11.6 Å². The van der Waals surface area contributed by atoms with Gasteiger partial charge in [-0.05, 0) is 55.8 Å². The molecule has 0 radical (unpaired) electrons. The summed E-state index contributed by atoms with van der Waals surface area (Å²) in [5.74, 6) is 0.236. The lowest BCUT2D eigenvalue weighted by atomic mass is 10.0. The Bertz CT molecular complexity index is 868. The molecule has 1 aliphatic rings. The number of rotatable bonds is 7. The minimum Gasteiger partial charge on any atom is -0.497 e. The van der Waals surface area contributed by atoms with Crippen LogP contribution in [0.15, 0.2) is 42.5 Å². The predicted molar refractivity (Wildman–Crippen MR) is 107 cm³/mol. The van der Waals surface area contributed by atoms with Crippen LogP contribution in [0.2, 0.25) is 5.02 Å². The minimum atomic E-state index is -0.578. The van der Waals surface area contributed by atoms with Crippen molar-refractivity contribution in [3.63, 3.8) is 0 Å². The molecule has 1 N–H and O–H groups in total. The molecule has 28 heavy (non-hydrogen) atoms. The summed E-state index contributed by atoms with van der Waals surface area (Å²) in [4.78, 5) is 25.6. The van der Waals surface area contributed by atoms with Gasteiger partial charge < -0.3 is 10.1 Å². The van der Waals surface area contributed by atoms with Crippen LogP contribution in [0.1, 0.15) is 34.8 Å². The Balaban J connectivity index is 1.81. The van der Waals surface area contributed by atoms with E-state index < -0.39 is 10.8 Å². The summed E-state index contributed by atoms with van der Waals surface area (Å²) in [7, 11) is 1.62. The summed E-state index contributed by atoms with van der Waals surface area (Å²) in [5.41, 5.74) is 0.728. The average molecular weight is 404 g/mol. The number of nitro groups is 1.